The highest BCUT2D eigenvalue weighted by atomic mass is 16.5. The Morgan fingerprint density at radius 2 is 1.58 bits per heavy atom. The van der Waals surface area contributed by atoms with E-state index in [-0.39, 0.29) is 5.91 Å². The Kier molecular flexibility index (Phi) is 9.25. The Bertz CT molecular complexity index is 403. The zero-order valence-electron chi connectivity index (χ0n) is 14.6. The maximum atomic E-state index is 12.0. The van der Waals surface area contributed by atoms with E-state index >= 15 is 0 Å². The first-order valence-electron chi connectivity index (χ1n) is 8.92. The molecule has 1 heterocycles. The van der Waals surface area contributed by atoms with E-state index < -0.39 is 36.4 Å². The van der Waals surface area contributed by atoms with Crippen LogP contribution in [0.4, 0.5) is 0 Å². The summed E-state index contributed by atoms with van der Waals surface area (Å²) in [7, 11) is 0. The second kappa shape index (κ2) is 10.6. The number of aliphatic hydroxyl groups excluding tert-OH is 2. The molecule has 0 bridgehead atoms. The van der Waals surface area contributed by atoms with Gasteiger partial charge in [-0.25, -0.2) is 4.79 Å². The van der Waals surface area contributed by atoms with Gasteiger partial charge >= 0.3 is 5.97 Å². The third-order valence-electron chi connectivity index (χ3n) is 4.47. The monoisotopic (exact) mass is 345 g/mol. The van der Waals surface area contributed by atoms with Crippen LogP contribution in [-0.4, -0.2) is 57.7 Å². The smallest absolute Gasteiger partial charge is 0.335 e. The average Bonchev–Trinajstić information content (AvgIpc) is 2.53. The van der Waals surface area contributed by atoms with Gasteiger partial charge in [-0.2, -0.15) is 0 Å². The van der Waals surface area contributed by atoms with Crippen LogP contribution in [0.1, 0.15) is 65.2 Å². The molecule has 1 amide bonds. The van der Waals surface area contributed by atoms with Crippen LogP contribution < -0.4 is 5.32 Å². The van der Waals surface area contributed by atoms with E-state index in [1.54, 1.807) is 6.92 Å². The number of amides is 1. The van der Waals surface area contributed by atoms with Crippen molar-refractivity contribution in [1.82, 2.24) is 5.32 Å². The summed E-state index contributed by atoms with van der Waals surface area (Å²) in [4.78, 5) is 23.0. The van der Waals surface area contributed by atoms with Gasteiger partial charge in [-0.3, -0.25) is 4.79 Å². The Morgan fingerprint density at radius 1 is 1.00 bits per heavy atom. The highest BCUT2D eigenvalue weighted by Crippen LogP contribution is 2.21. The van der Waals surface area contributed by atoms with E-state index in [9.17, 15) is 19.8 Å². The van der Waals surface area contributed by atoms with Crippen molar-refractivity contribution in [3.8, 4) is 0 Å². The van der Waals surface area contributed by atoms with Crippen LogP contribution in [-0.2, 0) is 14.3 Å². The van der Waals surface area contributed by atoms with Crippen LogP contribution in [0.2, 0.25) is 0 Å². The Morgan fingerprint density at radius 3 is 2.17 bits per heavy atom. The summed E-state index contributed by atoms with van der Waals surface area (Å²) >= 11 is 0. The van der Waals surface area contributed by atoms with Gasteiger partial charge in [0.15, 0.2) is 6.10 Å². The number of hydrogen-bond donors (Lipinski definition) is 4. The Balaban J connectivity index is 2.32. The number of rotatable bonds is 10. The normalized spacial score (nSPS) is 30.1. The summed E-state index contributed by atoms with van der Waals surface area (Å²) in [5.74, 6) is -1.55. The molecule has 24 heavy (non-hydrogen) atoms. The molecule has 0 radical (unpaired) electrons. The van der Waals surface area contributed by atoms with Crippen molar-refractivity contribution in [3.63, 3.8) is 0 Å². The SMILES string of the molecule is CCCCCCCCCC(=O)NC1[C@H](C)OC(C(=O)O)[C@@H](O)[C@@H]1O. The van der Waals surface area contributed by atoms with Crippen molar-refractivity contribution in [2.45, 2.75) is 95.7 Å². The number of aliphatic carboxylic acids is 1. The number of unbranched alkanes of at least 4 members (excludes halogenated alkanes) is 6. The molecule has 1 aliphatic rings. The zero-order chi connectivity index (χ0) is 18.1. The van der Waals surface area contributed by atoms with Gasteiger partial charge in [-0.15, -0.1) is 0 Å². The Hall–Kier alpha value is -1.18. The summed E-state index contributed by atoms with van der Waals surface area (Å²) in [5.41, 5.74) is 0. The number of hydrogen-bond acceptors (Lipinski definition) is 5. The topological polar surface area (TPSA) is 116 Å². The number of aliphatic hydroxyl groups is 2. The molecule has 0 saturated carbocycles. The van der Waals surface area contributed by atoms with Gasteiger partial charge in [0.25, 0.3) is 0 Å². The number of carboxylic acid groups (broad SMARTS) is 1. The molecule has 0 aromatic rings. The minimum atomic E-state index is -1.57. The van der Waals surface area contributed by atoms with Crippen molar-refractivity contribution < 1.29 is 29.6 Å². The molecule has 7 nitrogen and oxygen atoms in total. The van der Waals surface area contributed by atoms with E-state index in [2.05, 4.69) is 12.2 Å². The van der Waals surface area contributed by atoms with Crippen LogP contribution >= 0.6 is 0 Å². The molecule has 1 saturated heterocycles. The van der Waals surface area contributed by atoms with E-state index in [1.165, 1.54) is 25.7 Å². The van der Waals surface area contributed by atoms with Gasteiger partial charge < -0.3 is 25.4 Å². The fourth-order valence-corrected chi connectivity index (χ4v) is 2.97. The summed E-state index contributed by atoms with van der Waals surface area (Å²) in [5, 5.41) is 31.5. The molecule has 1 rings (SSSR count). The van der Waals surface area contributed by atoms with Crippen LogP contribution in [0.3, 0.4) is 0 Å². The highest BCUT2D eigenvalue weighted by Gasteiger charge is 2.46. The van der Waals surface area contributed by atoms with E-state index in [1.807, 2.05) is 0 Å². The first-order chi connectivity index (χ1) is 11.4. The molecule has 0 spiro atoms. The molecule has 140 valence electrons. The lowest BCUT2D eigenvalue weighted by molar-refractivity contribution is -0.199. The van der Waals surface area contributed by atoms with Crippen LogP contribution in [0.5, 0.6) is 0 Å². The van der Waals surface area contributed by atoms with Crippen molar-refractivity contribution in [1.29, 1.82) is 0 Å². The molecule has 4 N–H and O–H groups in total. The van der Waals surface area contributed by atoms with Crippen molar-refractivity contribution in [2.24, 2.45) is 0 Å². The fourth-order valence-electron chi connectivity index (χ4n) is 2.97. The molecule has 2 unspecified atom stereocenters. The minimum absolute atomic E-state index is 0.218. The van der Waals surface area contributed by atoms with Crippen LogP contribution in [0, 0.1) is 0 Å². The predicted octanol–water partition coefficient (Wildman–Crippen LogP) is 1.21. The van der Waals surface area contributed by atoms with Gasteiger partial charge in [0, 0.05) is 6.42 Å². The fraction of sp³-hybridized carbons (Fsp3) is 0.882. The van der Waals surface area contributed by atoms with Gasteiger partial charge in [0.1, 0.15) is 12.2 Å². The van der Waals surface area contributed by atoms with Gasteiger partial charge in [-0.05, 0) is 13.3 Å². The second-order valence-electron chi connectivity index (χ2n) is 6.55. The summed E-state index contributed by atoms with van der Waals surface area (Å²) in [6.07, 6.45) is 2.98. The standard InChI is InChI=1S/C17H31NO6/c1-3-4-5-6-7-8-9-10-12(19)18-13-11(2)24-16(17(22)23)15(21)14(13)20/h11,13-16,20-21H,3-10H2,1-2H3,(H,18,19)(H,22,23)/t11-,13?,14+,15-,16?/m0/s1. The van der Waals surface area contributed by atoms with Gasteiger partial charge in [0.2, 0.25) is 5.91 Å². The lowest BCUT2D eigenvalue weighted by atomic mass is 9.93. The molecular weight excluding hydrogens is 314 g/mol. The van der Waals surface area contributed by atoms with E-state index in [4.69, 9.17) is 9.84 Å². The zero-order valence-corrected chi connectivity index (χ0v) is 14.6. The molecule has 0 aromatic heterocycles. The van der Waals surface area contributed by atoms with Gasteiger partial charge in [0.05, 0.1) is 12.1 Å². The lowest BCUT2D eigenvalue weighted by Gasteiger charge is -2.40. The molecule has 1 fully saturated rings. The van der Waals surface area contributed by atoms with Crippen LogP contribution in [0.15, 0.2) is 0 Å². The van der Waals surface area contributed by atoms with Gasteiger partial charge in [-0.1, -0.05) is 45.4 Å². The number of carbonyl (C=O) groups is 2. The summed E-state index contributed by atoms with van der Waals surface area (Å²) in [6.45, 7) is 3.74. The van der Waals surface area contributed by atoms with Crippen molar-refractivity contribution in [3.05, 3.63) is 0 Å². The molecular formula is C17H31NO6. The van der Waals surface area contributed by atoms with E-state index in [0.29, 0.717) is 6.42 Å². The Labute approximate surface area is 143 Å². The maximum Gasteiger partial charge on any atom is 0.335 e. The first kappa shape index (κ1) is 20.9. The van der Waals surface area contributed by atoms with Crippen LogP contribution in [0.25, 0.3) is 0 Å². The molecule has 0 aromatic carbocycles. The molecule has 5 atom stereocenters. The number of carbonyl (C=O) groups excluding carboxylic acids is 1. The minimum Gasteiger partial charge on any atom is -0.479 e. The maximum absolute atomic E-state index is 12.0. The number of ether oxygens (including phenoxy) is 1. The summed E-state index contributed by atoms with van der Waals surface area (Å²) < 4.78 is 5.20. The quantitative estimate of drug-likeness (QED) is 0.442. The number of nitrogens with one attached hydrogen (secondary N) is 1. The molecule has 1 aliphatic heterocycles. The highest BCUT2D eigenvalue weighted by molar-refractivity contribution is 5.77. The third kappa shape index (κ3) is 6.37. The largest absolute Gasteiger partial charge is 0.479 e. The van der Waals surface area contributed by atoms with Crippen molar-refractivity contribution >= 4 is 11.9 Å². The summed E-state index contributed by atoms with van der Waals surface area (Å²) in [6, 6.07) is -0.812. The van der Waals surface area contributed by atoms with E-state index in [0.717, 1.165) is 19.3 Å². The second-order valence-corrected chi connectivity index (χ2v) is 6.55. The third-order valence-corrected chi connectivity index (χ3v) is 4.47. The van der Waals surface area contributed by atoms with Crippen molar-refractivity contribution in [2.75, 3.05) is 0 Å². The number of carboxylic acids is 1. The molecule has 7 heteroatoms. The molecule has 0 aliphatic carbocycles. The first-order valence-corrected chi connectivity index (χ1v) is 8.92. The predicted molar refractivity (Wildman–Crippen MR) is 88.5 cm³/mol. The lowest BCUT2D eigenvalue weighted by Crippen LogP contribution is -2.64. The average molecular weight is 345 g/mol.